The van der Waals surface area contributed by atoms with Gasteiger partial charge in [-0.2, -0.15) is 0 Å². The van der Waals surface area contributed by atoms with Crippen LogP contribution in [0.25, 0.3) is 11.1 Å². The molecule has 0 bridgehead atoms. The van der Waals surface area contributed by atoms with Crippen LogP contribution in [0.3, 0.4) is 0 Å². The highest BCUT2D eigenvalue weighted by molar-refractivity contribution is 5.81. The Morgan fingerprint density at radius 2 is 1.41 bits per heavy atom. The first-order valence-corrected chi connectivity index (χ1v) is 12.5. The monoisotopic (exact) mass is 438 g/mol. The topological polar surface area (TPSA) is 44.8 Å². The molecule has 0 aliphatic carbocycles. The summed E-state index contributed by atoms with van der Waals surface area (Å²) in [5.74, 6) is 1.76. The van der Waals surface area contributed by atoms with Crippen molar-refractivity contribution in [2.75, 3.05) is 6.61 Å². The summed E-state index contributed by atoms with van der Waals surface area (Å²) in [6, 6.07) is 13.9. The van der Waals surface area contributed by atoms with Crippen molar-refractivity contribution >= 4 is 5.97 Å². The Hall–Kier alpha value is -2.49. The number of ether oxygens (including phenoxy) is 3. The molecule has 32 heavy (non-hydrogen) atoms. The molecule has 0 fully saturated rings. The Kier molecular flexibility index (Phi) is 9.93. The second-order valence-corrected chi connectivity index (χ2v) is 8.68. The van der Waals surface area contributed by atoms with Crippen molar-refractivity contribution in [2.24, 2.45) is 0 Å². The minimum absolute atomic E-state index is 0.284. The SMILES string of the molecule is CCCCCCCCOc1ccc(-c2ccc3c(c2)O[C@H](CCCCCC)C(=O)O3)cc1. The number of benzene rings is 2. The van der Waals surface area contributed by atoms with E-state index in [0.717, 1.165) is 42.7 Å². The van der Waals surface area contributed by atoms with Gasteiger partial charge in [-0.15, -0.1) is 0 Å². The van der Waals surface area contributed by atoms with E-state index in [4.69, 9.17) is 14.2 Å². The molecule has 0 amide bonds. The van der Waals surface area contributed by atoms with Crippen molar-refractivity contribution in [1.82, 2.24) is 0 Å². The molecule has 3 rings (SSSR count). The van der Waals surface area contributed by atoms with Gasteiger partial charge >= 0.3 is 5.97 Å². The molecule has 4 heteroatoms. The Morgan fingerprint density at radius 1 is 0.750 bits per heavy atom. The molecule has 0 spiro atoms. The van der Waals surface area contributed by atoms with Gasteiger partial charge in [0.05, 0.1) is 6.61 Å². The quantitative estimate of drug-likeness (QED) is 0.172. The number of fused-ring (bicyclic) bond motifs is 1. The molecule has 2 aromatic carbocycles. The maximum atomic E-state index is 12.2. The van der Waals surface area contributed by atoms with Crippen molar-refractivity contribution < 1.29 is 19.0 Å². The highest BCUT2D eigenvalue weighted by Crippen LogP contribution is 2.37. The molecule has 1 atom stereocenters. The van der Waals surface area contributed by atoms with Gasteiger partial charge in [-0.05, 0) is 54.7 Å². The fourth-order valence-electron chi connectivity index (χ4n) is 3.99. The number of unbranched alkanes of at least 4 members (excludes halogenated alkanes) is 8. The van der Waals surface area contributed by atoms with Gasteiger partial charge in [0.15, 0.2) is 17.6 Å². The summed E-state index contributed by atoms with van der Waals surface area (Å²) in [6.45, 7) is 5.19. The van der Waals surface area contributed by atoms with E-state index < -0.39 is 6.10 Å². The number of esters is 1. The van der Waals surface area contributed by atoms with Gasteiger partial charge in [-0.3, -0.25) is 0 Å². The number of hydrogen-bond donors (Lipinski definition) is 0. The third-order valence-corrected chi connectivity index (χ3v) is 5.96. The lowest BCUT2D eigenvalue weighted by molar-refractivity contribution is -0.145. The van der Waals surface area contributed by atoms with Gasteiger partial charge in [-0.1, -0.05) is 83.4 Å². The summed E-state index contributed by atoms with van der Waals surface area (Å²) in [5.41, 5.74) is 2.12. The average Bonchev–Trinajstić information content (AvgIpc) is 2.81. The lowest BCUT2D eigenvalue weighted by Gasteiger charge is -2.25. The van der Waals surface area contributed by atoms with Crippen molar-refractivity contribution in [3.8, 4) is 28.4 Å². The summed E-state index contributed by atoms with van der Waals surface area (Å²) in [5, 5.41) is 0. The number of carbonyl (C=O) groups excluding carboxylic acids is 1. The van der Waals surface area contributed by atoms with E-state index in [2.05, 4.69) is 26.0 Å². The number of hydrogen-bond acceptors (Lipinski definition) is 4. The first-order chi connectivity index (χ1) is 15.7. The van der Waals surface area contributed by atoms with Crippen LogP contribution in [-0.2, 0) is 4.79 Å². The minimum atomic E-state index is -0.507. The van der Waals surface area contributed by atoms with Crippen molar-refractivity contribution in [2.45, 2.75) is 90.6 Å². The minimum Gasteiger partial charge on any atom is -0.494 e. The summed E-state index contributed by atoms with van der Waals surface area (Å²) in [7, 11) is 0. The smallest absolute Gasteiger partial charge is 0.352 e. The second-order valence-electron chi connectivity index (χ2n) is 8.68. The second kappa shape index (κ2) is 13.1. The Morgan fingerprint density at radius 3 is 2.16 bits per heavy atom. The van der Waals surface area contributed by atoms with Crippen LogP contribution in [0.15, 0.2) is 42.5 Å². The van der Waals surface area contributed by atoms with Crippen molar-refractivity contribution in [3.63, 3.8) is 0 Å². The third kappa shape index (κ3) is 7.29. The number of rotatable bonds is 14. The maximum Gasteiger partial charge on any atom is 0.352 e. The van der Waals surface area contributed by atoms with Crippen LogP contribution in [0.1, 0.15) is 84.5 Å². The van der Waals surface area contributed by atoms with E-state index >= 15 is 0 Å². The molecule has 1 heterocycles. The van der Waals surface area contributed by atoms with Crippen LogP contribution in [0, 0.1) is 0 Å². The fourth-order valence-corrected chi connectivity index (χ4v) is 3.99. The lowest BCUT2D eigenvalue weighted by Crippen LogP contribution is -2.35. The van der Waals surface area contributed by atoms with E-state index in [9.17, 15) is 4.79 Å². The molecule has 0 saturated heterocycles. The third-order valence-electron chi connectivity index (χ3n) is 5.96. The molecular weight excluding hydrogens is 400 g/mol. The van der Waals surface area contributed by atoms with Crippen molar-refractivity contribution in [3.05, 3.63) is 42.5 Å². The predicted octanol–water partition coefficient (Wildman–Crippen LogP) is 7.73. The largest absolute Gasteiger partial charge is 0.494 e. The zero-order valence-electron chi connectivity index (χ0n) is 19.7. The highest BCUT2D eigenvalue weighted by Gasteiger charge is 2.29. The summed E-state index contributed by atoms with van der Waals surface area (Å²) < 4.78 is 17.4. The van der Waals surface area contributed by atoms with Gasteiger partial charge in [0, 0.05) is 0 Å². The van der Waals surface area contributed by atoms with Crippen LogP contribution in [-0.4, -0.2) is 18.7 Å². The fraction of sp³-hybridized carbons (Fsp3) is 0.536. The summed E-state index contributed by atoms with van der Waals surface area (Å²) in [6.07, 6.45) is 12.2. The van der Waals surface area contributed by atoms with Crippen LogP contribution in [0.5, 0.6) is 17.2 Å². The molecule has 2 aromatic rings. The van der Waals surface area contributed by atoms with Gasteiger partial charge in [0.25, 0.3) is 0 Å². The number of carbonyl (C=O) groups is 1. The average molecular weight is 439 g/mol. The van der Waals surface area contributed by atoms with Crippen LogP contribution in [0.4, 0.5) is 0 Å². The molecule has 1 aliphatic rings. The van der Waals surface area contributed by atoms with E-state index in [1.807, 2.05) is 30.3 Å². The first-order valence-electron chi connectivity index (χ1n) is 12.5. The van der Waals surface area contributed by atoms with Gasteiger partial charge < -0.3 is 14.2 Å². The van der Waals surface area contributed by atoms with E-state index in [1.54, 1.807) is 0 Å². The normalized spacial score (nSPS) is 15.1. The van der Waals surface area contributed by atoms with Crippen LogP contribution in [0.2, 0.25) is 0 Å². The van der Waals surface area contributed by atoms with E-state index in [0.29, 0.717) is 17.9 Å². The first kappa shape index (κ1) is 24.2. The molecule has 0 N–H and O–H groups in total. The Balaban J connectivity index is 1.52. The maximum absolute atomic E-state index is 12.2. The highest BCUT2D eigenvalue weighted by atomic mass is 16.6. The molecule has 0 radical (unpaired) electrons. The van der Waals surface area contributed by atoms with E-state index in [1.165, 1.54) is 44.9 Å². The molecule has 4 nitrogen and oxygen atoms in total. The van der Waals surface area contributed by atoms with Crippen molar-refractivity contribution in [1.29, 1.82) is 0 Å². The summed E-state index contributed by atoms with van der Waals surface area (Å²) >= 11 is 0. The standard InChI is InChI=1S/C28H38O4/c1-3-5-7-9-10-12-20-30-24-17-14-22(15-18-24)23-16-19-25-27(21-23)31-26(28(29)32-25)13-11-8-6-4-2/h14-19,21,26H,3-13,20H2,1-2H3/t26-/m1/s1. The van der Waals surface area contributed by atoms with Gasteiger partial charge in [0.1, 0.15) is 5.75 Å². The predicted molar refractivity (Wildman–Crippen MR) is 130 cm³/mol. The Bertz CT molecular complexity index is 828. The lowest BCUT2D eigenvalue weighted by atomic mass is 10.0. The van der Waals surface area contributed by atoms with E-state index in [-0.39, 0.29) is 5.97 Å². The Labute approximate surface area is 193 Å². The molecule has 0 aromatic heterocycles. The summed E-state index contributed by atoms with van der Waals surface area (Å²) in [4.78, 5) is 12.2. The van der Waals surface area contributed by atoms with Crippen LogP contribution < -0.4 is 14.2 Å². The molecular formula is C28H38O4. The molecule has 1 aliphatic heterocycles. The zero-order valence-corrected chi connectivity index (χ0v) is 19.7. The zero-order chi connectivity index (χ0) is 22.6. The van der Waals surface area contributed by atoms with Gasteiger partial charge in [-0.25, -0.2) is 4.79 Å². The molecule has 174 valence electrons. The molecule has 0 unspecified atom stereocenters. The molecule has 0 saturated carbocycles. The van der Waals surface area contributed by atoms with Crippen LogP contribution >= 0.6 is 0 Å². The van der Waals surface area contributed by atoms with Gasteiger partial charge in [0.2, 0.25) is 0 Å².